The minimum atomic E-state index is -0.124. The largest absolute Gasteiger partial charge is 0.375 e. The topological polar surface area (TPSA) is 76.3 Å². The van der Waals surface area contributed by atoms with E-state index in [2.05, 4.69) is 4.98 Å². The summed E-state index contributed by atoms with van der Waals surface area (Å²) < 4.78 is 0. The number of carbonyl (C=O) groups excluding carboxylic acids is 2. The van der Waals surface area contributed by atoms with Gasteiger partial charge in [-0.2, -0.15) is 0 Å². The molecule has 0 aromatic carbocycles. The number of hydrogen-bond acceptors (Lipinski definition) is 5. The van der Waals surface area contributed by atoms with E-state index in [1.165, 1.54) is 16.2 Å². The third-order valence-corrected chi connectivity index (χ3v) is 2.77. The fourth-order valence-corrected chi connectivity index (χ4v) is 1.91. The van der Waals surface area contributed by atoms with Crippen LogP contribution in [0.4, 0.5) is 5.13 Å². The summed E-state index contributed by atoms with van der Waals surface area (Å²) in [5.41, 5.74) is 6.12. The van der Waals surface area contributed by atoms with Gasteiger partial charge >= 0.3 is 0 Å². The van der Waals surface area contributed by atoms with Gasteiger partial charge < -0.3 is 5.73 Å². The van der Waals surface area contributed by atoms with Crippen molar-refractivity contribution < 1.29 is 9.59 Å². The Balaban J connectivity index is 0.00000112. The van der Waals surface area contributed by atoms with E-state index in [0.717, 1.165) is 0 Å². The molecule has 0 saturated carbocycles. The van der Waals surface area contributed by atoms with Gasteiger partial charge in [0.05, 0.1) is 12.2 Å². The first kappa shape index (κ1) is 11.9. The Morgan fingerprint density at radius 2 is 2.00 bits per heavy atom. The quantitative estimate of drug-likeness (QED) is 0.785. The van der Waals surface area contributed by atoms with E-state index >= 15 is 0 Å². The molecule has 1 saturated heterocycles. The van der Waals surface area contributed by atoms with E-state index in [4.69, 9.17) is 5.73 Å². The van der Waals surface area contributed by atoms with Crippen LogP contribution in [0.25, 0.3) is 0 Å². The second-order valence-electron chi connectivity index (χ2n) is 3.05. The molecule has 1 aromatic rings. The van der Waals surface area contributed by atoms with Crippen molar-refractivity contribution in [1.29, 1.82) is 0 Å². The molecule has 0 spiro atoms. The predicted octanol–water partition coefficient (Wildman–Crippen LogP) is 0.796. The van der Waals surface area contributed by atoms with Gasteiger partial charge in [0, 0.05) is 18.2 Å². The molecule has 2 N–H and O–H groups in total. The fourth-order valence-electron chi connectivity index (χ4n) is 1.36. The fraction of sp³-hybridized carbons (Fsp3) is 0.375. The average Bonchev–Trinajstić information content (AvgIpc) is 2.67. The molecule has 5 nitrogen and oxygen atoms in total. The molecule has 2 heterocycles. The molecule has 0 radical (unpaired) electrons. The Bertz CT molecular complexity index is 377. The number of nitrogens with zero attached hydrogens (tertiary/aromatic N) is 2. The second-order valence-corrected chi connectivity index (χ2v) is 3.94. The zero-order chi connectivity index (χ0) is 10.1. The van der Waals surface area contributed by atoms with Crippen molar-refractivity contribution in [2.24, 2.45) is 0 Å². The first-order valence-corrected chi connectivity index (χ1v) is 5.08. The summed E-state index contributed by atoms with van der Waals surface area (Å²) in [7, 11) is 0. The number of carbonyl (C=O) groups is 2. The molecule has 82 valence electrons. The van der Waals surface area contributed by atoms with Crippen molar-refractivity contribution in [2.75, 3.05) is 5.73 Å². The predicted molar refractivity (Wildman–Crippen MR) is 58.6 cm³/mol. The van der Waals surface area contributed by atoms with Gasteiger partial charge in [0.2, 0.25) is 11.8 Å². The zero-order valence-corrected chi connectivity index (χ0v) is 9.44. The molecule has 1 aliphatic heterocycles. The van der Waals surface area contributed by atoms with Crippen LogP contribution in [0.15, 0.2) is 5.38 Å². The summed E-state index contributed by atoms with van der Waals surface area (Å²) in [6.07, 6.45) is 0.636. The maximum atomic E-state index is 11.2. The van der Waals surface area contributed by atoms with Gasteiger partial charge in [-0.3, -0.25) is 14.5 Å². The van der Waals surface area contributed by atoms with Gasteiger partial charge in [-0.25, -0.2) is 4.98 Å². The van der Waals surface area contributed by atoms with Crippen molar-refractivity contribution in [1.82, 2.24) is 9.88 Å². The lowest BCUT2D eigenvalue weighted by atomic mass is 10.4. The molecule has 7 heteroatoms. The van der Waals surface area contributed by atoms with Crippen LogP contribution in [0.3, 0.4) is 0 Å². The maximum absolute atomic E-state index is 11.2. The standard InChI is InChI=1S/C8H9N3O2S.ClH/c9-8-10-5(4-14-8)3-11-6(12)1-2-7(11)13;/h4H,1-3H2,(H2,9,10);1H. The first-order chi connectivity index (χ1) is 6.66. The molecule has 0 atom stereocenters. The third kappa shape index (κ3) is 2.45. The van der Waals surface area contributed by atoms with E-state index in [1.807, 2.05) is 0 Å². The molecule has 2 amide bonds. The van der Waals surface area contributed by atoms with Gasteiger partial charge in [0.1, 0.15) is 0 Å². The molecule has 15 heavy (non-hydrogen) atoms. The lowest BCUT2D eigenvalue weighted by Crippen LogP contribution is -2.28. The van der Waals surface area contributed by atoms with E-state index in [-0.39, 0.29) is 30.8 Å². The zero-order valence-electron chi connectivity index (χ0n) is 7.80. The minimum Gasteiger partial charge on any atom is -0.375 e. The number of thiazole rings is 1. The summed E-state index contributed by atoms with van der Waals surface area (Å²) in [4.78, 5) is 27.7. The van der Waals surface area contributed by atoms with Crippen LogP contribution in [0.5, 0.6) is 0 Å². The van der Waals surface area contributed by atoms with E-state index in [1.54, 1.807) is 5.38 Å². The van der Waals surface area contributed by atoms with Crippen molar-refractivity contribution in [3.05, 3.63) is 11.1 Å². The molecule has 0 aliphatic carbocycles. The van der Waals surface area contributed by atoms with E-state index in [9.17, 15) is 9.59 Å². The van der Waals surface area contributed by atoms with Crippen LogP contribution >= 0.6 is 23.7 Å². The van der Waals surface area contributed by atoms with E-state index < -0.39 is 0 Å². The number of amides is 2. The van der Waals surface area contributed by atoms with Gasteiger partial charge in [-0.1, -0.05) is 0 Å². The second kappa shape index (κ2) is 4.59. The number of likely N-dealkylation sites (tertiary alicyclic amines) is 1. The maximum Gasteiger partial charge on any atom is 0.230 e. The van der Waals surface area contributed by atoms with Crippen molar-refractivity contribution in [2.45, 2.75) is 19.4 Å². The Labute approximate surface area is 96.7 Å². The molecule has 1 aromatic heterocycles. The molecular formula is C8H10ClN3O2S. The number of anilines is 1. The van der Waals surface area contributed by atoms with Crippen molar-refractivity contribution in [3.63, 3.8) is 0 Å². The Hall–Kier alpha value is -1.14. The number of imide groups is 1. The normalized spacial score (nSPS) is 15.6. The molecule has 2 rings (SSSR count). The van der Waals surface area contributed by atoms with Gasteiger partial charge in [0.25, 0.3) is 0 Å². The highest BCUT2D eigenvalue weighted by Gasteiger charge is 2.29. The number of aromatic nitrogens is 1. The van der Waals surface area contributed by atoms with Crippen LogP contribution in [0.1, 0.15) is 18.5 Å². The highest BCUT2D eigenvalue weighted by Crippen LogP contribution is 2.18. The van der Waals surface area contributed by atoms with Crippen molar-refractivity contribution in [3.8, 4) is 0 Å². The van der Waals surface area contributed by atoms with Gasteiger partial charge in [-0.05, 0) is 0 Å². The number of nitrogen functional groups attached to an aromatic ring is 1. The number of hydrogen-bond donors (Lipinski definition) is 1. The lowest BCUT2D eigenvalue weighted by molar-refractivity contribution is -0.139. The van der Waals surface area contributed by atoms with Gasteiger partial charge in [-0.15, -0.1) is 23.7 Å². The van der Waals surface area contributed by atoms with E-state index in [0.29, 0.717) is 23.7 Å². The highest BCUT2D eigenvalue weighted by molar-refractivity contribution is 7.13. The highest BCUT2D eigenvalue weighted by atomic mass is 35.5. The average molecular weight is 248 g/mol. The van der Waals surface area contributed by atoms with Crippen LogP contribution in [0, 0.1) is 0 Å². The SMILES string of the molecule is Cl.Nc1nc(CN2C(=O)CCC2=O)cs1. The van der Waals surface area contributed by atoms with Crippen LogP contribution in [0.2, 0.25) is 0 Å². The molecular weight excluding hydrogens is 238 g/mol. The Morgan fingerprint density at radius 3 is 2.47 bits per heavy atom. The molecule has 1 fully saturated rings. The summed E-state index contributed by atoms with van der Waals surface area (Å²) in [5.74, 6) is -0.247. The Kier molecular flexibility index (Phi) is 3.65. The van der Waals surface area contributed by atoms with Gasteiger partial charge in [0.15, 0.2) is 5.13 Å². The minimum absolute atomic E-state index is 0. The van der Waals surface area contributed by atoms with Crippen molar-refractivity contribution >= 4 is 40.7 Å². The summed E-state index contributed by atoms with van der Waals surface area (Å²) >= 11 is 1.31. The summed E-state index contributed by atoms with van der Waals surface area (Å²) in [6.45, 7) is 0.255. The third-order valence-electron chi connectivity index (χ3n) is 2.04. The van der Waals surface area contributed by atoms with Crippen LogP contribution in [-0.4, -0.2) is 21.7 Å². The lowest BCUT2D eigenvalue weighted by Gasteiger charge is -2.10. The molecule has 0 bridgehead atoms. The first-order valence-electron chi connectivity index (χ1n) is 4.20. The molecule has 0 unspecified atom stereocenters. The summed E-state index contributed by atoms with van der Waals surface area (Å²) in [5, 5.41) is 2.22. The number of nitrogens with two attached hydrogens (primary N) is 1. The number of rotatable bonds is 2. The Morgan fingerprint density at radius 1 is 1.40 bits per heavy atom. The summed E-state index contributed by atoms with van der Waals surface area (Å²) in [6, 6.07) is 0. The number of halogens is 1. The monoisotopic (exact) mass is 247 g/mol. The molecule has 1 aliphatic rings. The smallest absolute Gasteiger partial charge is 0.230 e. The van der Waals surface area contributed by atoms with Crippen LogP contribution in [-0.2, 0) is 16.1 Å². The van der Waals surface area contributed by atoms with Crippen LogP contribution < -0.4 is 5.73 Å².